The summed E-state index contributed by atoms with van der Waals surface area (Å²) in [6.45, 7) is 0. The van der Waals surface area contributed by atoms with E-state index in [0.717, 1.165) is 0 Å². The van der Waals surface area contributed by atoms with Gasteiger partial charge in [0.2, 0.25) is 0 Å². The largest absolute Gasteiger partial charge is 0.456 e. The Morgan fingerprint density at radius 2 is 1.74 bits per heavy atom. The molecule has 0 aliphatic rings. The lowest BCUT2D eigenvalue weighted by Crippen LogP contribution is -1.91. The van der Waals surface area contributed by atoms with E-state index in [1.807, 2.05) is 0 Å². The number of benzene rings is 2. The summed E-state index contributed by atoms with van der Waals surface area (Å²) in [4.78, 5) is 3.99. The molecule has 0 saturated heterocycles. The van der Waals surface area contributed by atoms with Crippen molar-refractivity contribution in [3.05, 3.63) is 77.6 Å². The fraction of sp³-hybridized carbons (Fsp3) is 0. The number of ether oxygens (including phenoxy) is 2. The van der Waals surface area contributed by atoms with E-state index >= 15 is 0 Å². The van der Waals surface area contributed by atoms with E-state index < -0.39 is 0 Å². The second kappa shape index (κ2) is 6.82. The molecule has 0 unspecified atom stereocenters. The summed E-state index contributed by atoms with van der Waals surface area (Å²) in [6, 6.07) is 17.7. The number of rotatable bonds is 4. The minimum Gasteiger partial charge on any atom is -0.456 e. The van der Waals surface area contributed by atoms with Crippen LogP contribution in [0.25, 0.3) is 0 Å². The molecule has 0 aliphatic carbocycles. The highest BCUT2D eigenvalue weighted by Gasteiger charge is 2.08. The fourth-order valence-corrected chi connectivity index (χ4v) is 2.12. The molecule has 0 fully saturated rings. The first kappa shape index (κ1) is 14.9. The molecule has 0 N–H and O–H groups in total. The molecule has 0 amide bonds. The lowest BCUT2D eigenvalue weighted by Gasteiger charge is -2.10. The summed E-state index contributed by atoms with van der Waals surface area (Å²) < 4.78 is 11.5. The van der Waals surface area contributed by atoms with Crippen molar-refractivity contribution >= 4 is 11.6 Å². The van der Waals surface area contributed by atoms with Gasteiger partial charge in [-0.3, -0.25) is 4.98 Å². The van der Waals surface area contributed by atoms with Crippen molar-refractivity contribution < 1.29 is 9.47 Å². The van der Waals surface area contributed by atoms with Crippen molar-refractivity contribution in [1.29, 1.82) is 5.26 Å². The van der Waals surface area contributed by atoms with Crippen LogP contribution in [0.4, 0.5) is 0 Å². The zero-order valence-electron chi connectivity index (χ0n) is 11.9. The second-order valence-electron chi connectivity index (χ2n) is 4.62. The van der Waals surface area contributed by atoms with Gasteiger partial charge < -0.3 is 9.47 Å². The van der Waals surface area contributed by atoms with Gasteiger partial charge in [0.05, 0.1) is 11.8 Å². The van der Waals surface area contributed by atoms with Crippen LogP contribution in [0.1, 0.15) is 5.56 Å². The number of aromatic nitrogens is 1. The van der Waals surface area contributed by atoms with E-state index in [1.165, 1.54) is 0 Å². The predicted octanol–water partition coefficient (Wildman–Crippen LogP) is 5.19. The maximum absolute atomic E-state index is 9.22. The first-order valence-corrected chi connectivity index (χ1v) is 7.18. The van der Waals surface area contributed by atoms with Crippen LogP contribution in [0.15, 0.2) is 67.0 Å². The van der Waals surface area contributed by atoms with Gasteiger partial charge in [-0.15, -0.1) is 0 Å². The van der Waals surface area contributed by atoms with Crippen molar-refractivity contribution in [3.63, 3.8) is 0 Å². The van der Waals surface area contributed by atoms with Gasteiger partial charge >= 0.3 is 0 Å². The highest BCUT2D eigenvalue weighted by molar-refractivity contribution is 6.30. The van der Waals surface area contributed by atoms with Crippen molar-refractivity contribution in [2.45, 2.75) is 0 Å². The Morgan fingerprint density at radius 3 is 2.48 bits per heavy atom. The predicted molar refractivity (Wildman–Crippen MR) is 87.0 cm³/mol. The van der Waals surface area contributed by atoms with Gasteiger partial charge in [-0.2, -0.15) is 5.26 Å². The van der Waals surface area contributed by atoms with E-state index in [-0.39, 0.29) is 0 Å². The first-order chi connectivity index (χ1) is 11.2. The van der Waals surface area contributed by atoms with E-state index in [1.54, 1.807) is 67.0 Å². The summed E-state index contributed by atoms with van der Waals surface area (Å²) in [5.41, 5.74) is 0.406. The van der Waals surface area contributed by atoms with Crippen LogP contribution in [0, 0.1) is 11.3 Å². The van der Waals surface area contributed by atoms with Gasteiger partial charge in [-0.25, -0.2) is 0 Å². The SMILES string of the molecule is N#Cc1ccc(Oc2cccnc2)cc1Oc1cccc(Cl)c1. The molecule has 4 nitrogen and oxygen atoms in total. The number of halogens is 1. The standard InChI is InChI=1S/C18H11ClN2O2/c19-14-3-1-4-15(9-14)23-18-10-16(7-6-13(18)11-20)22-17-5-2-8-21-12-17/h1-10,12H. The first-order valence-electron chi connectivity index (χ1n) is 6.80. The average Bonchev–Trinajstić information content (AvgIpc) is 2.56. The molecule has 23 heavy (non-hydrogen) atoms. The highest BCUT2D eigenvalue weighted by Crippen LogP contribution is 2.32. The van der Waals surface area contributed by atoms with Crippen LogP contribution in [0.2, 0.25) is 5.02 Å². The summed E-state index contributed by atoms with van der Waals surface area (Å²) in [5, 5.41) is 9.78. The Labute approximate surface area is 138 Å². The number of pyridine rings is 1. The summed E-state index contributed by atoms with van der Waals surface area (Å²) in [5.74, 6) is 2.10. The normalized spacial score (nSPS) is 9.91. The molecule has 1 heterocycles. The third-order valence-electron chi connectivity index (χ3n) is 2.97. The van der Waals surface area contributed by atoms with Crippen molar-refractivity contribution in [1.82, 2.24) is 4.98 Å². The van der Waals surface area contributed by atoms with E-state index in [9.17, 15) is 5.26 Å². The molecule has 5 heteroatoms. The maximum atomic E-state index is 9.22. The van der Waals surface area contributed by atoms with Crippen LogP contribution in [-0.4, -0.2) is 4.98 Å². The molecule has 0 aliphatic heterocycles. The Hall–Kier alpha value is -3.03. The highest BCUT2D eigenvalue weighted by atomic mass is 35.5. The number of hydrogen-bond acceptors (Lipinski definition) is 4. The minimum absolute atomic E-state index is 0.399. The zero-order valence-corrected chi connectivity index (χ0v) is 12.7. The van der Waals surface area contributed by atoms with Crippen molar-refractivity contribution in [2.75, 3.05) is 0 Å². The zero-order chi connectivity index (χ0) is 16.1. The third kappa shape index (κ3) is 3.79. The number of nitriles is 1. The van der Waals surface area contributed by atoms with E-state index in [0.29, 0.717) is 33.6 Å². The average molecular weight is 323 g/mol. The fourth-order valence-electron chi connectivity index (χ4n) is 1.94. The van der Waals surface area contributed by atoms with Gasteiger partial charge in [0.1, 0.15) is 29.1 Å². The van der Waals surface area contributed by atoms with Crippen LogP contribution in [0.3, 0.4) is 0 Å². The third-order valence-corrected chi connectivity index (χ3v) is 3.20. The molecular formula is C18H11ClN2O2. The molecule has 0 saturated carbocycles. The number of hydrogen-bond donors (Lipinski definition) is 0. The van der Waals surface area contributed by atoms with Crippen LogP contribution < -0.4 is 9.47 Å². The van der Waals surface area contributed by atoms with Gasteiger partial charge in [0, 0.05) is 17.3 Å². The van der Waals surface area contributed by atoms with E-state index in [4.69, 9.17) is 21.1 Å². The minimum atomic E-state index is 0.399. The van der Waals surface area contributed by atoms with E-state index in [2.05, 4.69) is 11.1 Å². The van der Waals surface area contributed by atoms with Gasteiger partial charge in [-0.05, 0) is 42.5 Å². The molecular weight excluding hydrogens is 312 g/mol. The Balaban J connectivity index is 1.89. The molecule has 1 aromatic heterocycles. The topological polar surface area (TPSA) is 55.1 Å². The van der Waals surface area contributed by atoms with Crippen molar-refractivity contribution in [3.8, 4) is 29.1 Å². The molecule has 112 valence electrons. The quantitative estimate of drug-likeness (QED) is 0.663. The molecule has 0 spiro atoms. The van der Waals surface area contributed by atoms with Gasteiger partial charge in [0.15, 0.2) is 0 Å². The molecule has 3 aromatic rings. The van der Waals surface area contributed by atoms with Crippen LogP contribution in [-0.2, 0) is 0 Å². The molecule has 0 bridgehead atoms. The molecule has 2 aromatic carbocycles. The lowest BCUT2D eigenvalue weighted by atomic mass is 10.2. The maximum Gasteiger partial charge on any atom is 0.148 e. The number of nitrogens with zero attached hydrogens (tertiary/aromatic N) is 2. The second-order valence-corrected chi connectivity index (χ2v) is 5.06. The molecule has 3 rings (SSSR count). The molecule has 0 atom stereocenters. The monoisotopic (exact) mass is 322 g/mol. The summed E-state index contributed by atoms with van der Waals surface area (Å²) in [7, 11) is 0. The van der Waals surface area contributed by atoms with Crippen LogP contribution in [0.5, 0.6) is 23.0 Å². The Bertz CT molecular complexity index is 860. The summed E-state index contributed by atoms with van der Waals surface area (Å²) >= 11 is 5.95. The van der Waals surface area contributed by atoms with Crippen molar-refractivity contribution in [2.24, 2.45) is 0 Å². The Morgan fingerprint density at radius 1 is 0.913 bits per heavy atom. The van der Waals surface area contributed by atoms with Crippen LogP contribution >= 0.6 is 11.6 Å². The summed E-state index contributed by atoms with van der Waals surface area (Å²) in [6.07, 6.45) is 3.27. The smallest absolute Gasteiger partial charge is 0.148 e. The Kier molecular flexibility index (Phi) is 4.41. The van der Waals surface area contributed by atoms with Gasteiger partial charge in [-0.1, -0.05) is 17.7 Å². The van der Waals surface area contributed by atoms with Gasteiger partial charge in [0.25, 0.3) is 0 Å². The lowest BCUT2D eigenvalue weighted by molar-refractivity contribution is 0.458. The molecule has 0 radical (unpaired) electrons.